The van der Waals surface area contributed by atoms with E-state index >= 15 is 0 Å². The molecule has 0 bridgehead atoms. The summed E-state index contributed by atoms with van der Waals surface area (Å²) in [6.45, 7) is 3.64. The quantitative estimate of drug-likeness (QED) is 0.524. The molecule has 0 aliphatic heterocycles. The van der Waals surface area contributed by atoms with Gasteiger partial charge >= 0.3 is 0 Å². The standard InChI is InChI=1S/C11H27N3/c1-2-3-5-10(8-12)6-4-7-11(14)9-13/h10-11H,2-9,12-14H2,1H3. The molecule has 0 aliphatic rings. The highest BCUT2D eigenvalue weighted by Crippen LogP contribution is 2.15. The molecule has 3 nitrogen and oxygen atoms in total. The predicted octanol–water partition coefficient (Wildman–Crippen LogP) is 1.21. The van der Waals surface area contributed by atoms with E-state index in [9.17, 15) is 0 Å². The van der Waals surface area contributed by atoms with E-state index in [1.165, 1.54) is 32.1 Å². The molecule has 0 aromatic rings. The molecule has 0 spiro atoms. The highest BCUT2D eigenvalue weighted by Gasteiger charge is 2.07. The Bertz CT molecular complexity index is 117. The molecule has 2 atom stereocenters. The van der Waals surface area contributed by atoms with Crippen LogP contribution < -0.4 is 17.2 Å². The third-order valence-electron chi connectivity index (χ3n) is 2.79. The van der Waals surface area contributed by atoms with Gasteiger partial charge in [-0.25, -0.2) is 0 Å². The van der Waals surface area contributed by atoms with Gasteiger partial charge < -0.3 is 17.2 Å². The van der Waals surface area contributed by atoms with Gasteiger partial charge in [-0.15, -0.1) is 0 Å². The van der Waals surface area contributed by atoms with Gasteiger partial charge in [0.1, 0.15) is 0 Å². The van der Waals surface area contributed by atoms with E-state index in [-0.39, 0.29) is 6.04 Å². The number of nitrogens with two attached hydrogens (primary N) is 3. The lowest BCUT2D eigenvalue weighted by atomic mass is 9.95. The Balaban J connectivity index is 3.42. The Morgan fingerprint density at radius 2 is 1.57 bits per heavy atom. The van der Waals surface area contributed by atoms with Crippen LogP contribution in [0.1, 0.15) is 45.4 Å². The Morgan fingerprint density at radius 3 is 2.07 bits per heavy atom. The van der Waals surface area contributed by atoms with Crippen LogP contribution in [-0.4, -0.2) is 19.1 Å². The van der Waals surface area contributed by atoms with Gasteiger partial charge in [-0.3, -0.25) is 0 Å². The third-order valence-corrected chi connectivity index (χ3v) is 2.79. The second kappa shape index (κ2) is 9.44. The number of unbranched alkanes of at least 4 members (excludes halogenated alkanes) is 1. The Labute approximate surface area is 88.4 Å². The van der Waals surface area contributed by atoms with Crippen molar-refractivity contribution in [3.8, 4) is 0 Å². The van der Waals surface area contributed by atoms with Gasteiger partial charge in [-0.05, 0) is 31.7 Å². The maximum atomic E-state index is 5.74. The van der Waals surface area contributed by atoms with Crippen molar-refractivity contribution in [2.45, 2.75) is 51.5 Å². The minimum Gasteiger partial charge on any atom is -0.330 e. The van der Waals surface area contributed by atoms with E-state index in [1.807, 2.05) is 0 Å². The van der Waals surface area contributed by atoms with E-state index in [4.69, 9.17) is 17.2 Å². The van der Waals surface area contributed by atoms with Crippen molar-refractivity contribution >= 4 is 0 Å². The van der Waals surface area contributed by atoms with Crippen molar-refractivity contribution in [2.75, 3.05) is 13.1 Å². The molecule has 0 amide bonds. The summed E-state index contributed by atoms with van der Waals surface area (Å²) in [7, 11) is 0. The molecule has 0 aliphatic carbocycles. The first-order chi connectivity index (χ1) is 6.74. The summed E-state index contributed by atoms with van der Waals surface area (Å²) in [4.78, 5) is 0. The zero-order valence-corrected chi connectivity index (χ0v) is 9.54. The van der Waals surface area contributed by atoms with E-state index in [0.717, 1.165) is 13.0 Å². The molecular formula is C11H27N3. The van der Waals surface area contributed by atoms with E-state index in [0.29, 0.717) is 12.5 Å². The number of hydrogen-bond acceptors (Lipinski definition) is 3. The van der Waals surface area contributed by atoms with Crippen LogP contribution >= 0.6 is 0 Å². The van der Waals surface area contributed by atoms with Crippen LogP contribution in [-0.2, 0) is 0 Å². The minimum atomic E-state index is 0.180. The topological polar surface area (TPSA) is 78.1 Å². The summed E-state index contributed by atoms with van der Waals surface area (Å²) in [6.07, 6.45) is 7.25. The maximum Gasteiger partial charge on any atom is 0.0163 e. The van der Waals surface area contributed by atoms with Crippen molar-refractivity contribution < 1.29 is 0 Å². The van der Waals surface area contributed by atoms with Crippen LogP contribution in [0.2, 0.25) is 0 Å². The molecule has 3 heteroatoms. The molecule has 0 aromatic carbocycles. The van der Waals surface area contributed by atoms with Crippen LogP contribution in [0.5, 0.6) is 0 Å². The molecule has 0 saturated heterocycles. The maximum absolute atomic E-state index is 5.74. The van der Waals surface area contributed by atoms with Gasteiger partial charge in [0.25, 0.3) is 0 Å². The Morgan fingerprint density at radius 1 is 0.929 bits per heavy atom. The van der Waals surface area contributed by atoms with Crippen molar-refractivity contribution in [1.82, 2.24) is 0 Å². The fourth-order valence-corrected chi connectivity index (χ4v) is 1.66. The van der Waals surface area contributed by atoms with Gasteiger partial charge in [0.15, 0.2) is 0 Å². The van der Waals surface area contributed by atoms with Gasteiger partial charge in [0.2, 0.25) is 0 Å². The second-order valence-electron chi connectivity index (χ2n) is 4.17. The molecule has 86 valence electrons. The predicted molar refractivity (Wildman–Crippen MR) is 63.0 cm³/mol. The molecule has 0 rings (SSSR count). The normalized spacial score (nSPS) is 15.4. The van der Waals surface area contributed by atoms with Crippen molar-refractivity contribution in [3.63, 3.8) is 0 Å². The lowest BCUT2D eigenvalue weighted by molar-refractivity contribution is 0.414. The monoisotopic (exact) mass is 201 g/mol. The highest BCUT2D eigenvalue weighted by molar-refractivity contribution is 4.65. The lowest BCUT2D eigenvalue weighted by Gasteiger charge is -2.15. The van der Waals surface area contributed by atoms with E-state index in [2.05, 4.69) is 6.92 Å². The van der Waals surface area contributed by atoms with E-state index in [1.54, 1.807) is 0 Å². The lowest BCUT2D eigenvalue weighted by Crippen LogP contribution is -2.29. The van der Waals surface area contributed by atoms with Crippen LogP contribution in [0.15, 0.2) is 0 Å². The molecular weight excluding hydrogens is 174 g/mol. The van der Waals surface area contributed by atoms with Crippen molar-refractivity contribution in [3.05, 3.63) is 0 Å². The van der Waals surface area contributed by atoms with Crippen molar-refractivity contribution in [2.24, 2.45) is 23.1 Å². The summed E-state index contributed by atoms with van der Waals surface area (Å²) in [5.74, 6) is 0.694. The zero-order valence-electron chi connectivity index (χ0n) is 9.54. The third kappa shape index (κ3) is 7.30. The van der Waals surface area contributed by atoms with Gasteiger partial charge in [-0.1, -0.05) is 26.2 Å². The molecule has 6 N–H and O–H groups in total. The molecule has 2 unspecified atom stereocenters. The zero-order chi connectivity index (χ0) is 10.8. The SMILES string of the molecule is CCCCC(CN)CCCC(N)CN. The van der Waals surface area contributed by atoms with Gasteiger partial charge in [0.05, 0.1) is 0 Å². The second-order valence-corrected chi connectivity index (χ2v) is 4.17. The molecule has 14 heavy (non-hydrogen) atoms. The summed E-state index contributed by atoms with van der Waals surface area (Å²) in [5, 5.41) is 0. The Hall–Kier alpha value is -0.120. The molecule has 0 fully saturated rings. The highest BCUT2D eigenvalue weighted by atomic mass is 14.7. The average molecular weight is 201 g/mol. The minimum absolute atomic E-state index is 0.180. The summed E-state index contributed by atoms with van der Waals surface area (Å²) < 4.78 is 0. The molecule has 0 aromatic heterocycles. The largest absolute Gasteiger partial charge is 0.330 e. The average Bonchev–Trinajstić information content (AvgIpc) is 2.22. The van der Waals surface area contributed by atoms with Gasteiger partial charge in [-0.2, -0.15) is 0 Å². The summed E-state index contributed by atoms with van der Waals surface area (Å²) in [5.41, 5.74) is 16.9. The van der Waals surface area contributed by atoms with Gasteiger partial charge in [0, 0.05) is 12.6 Å². The fourth-order valence-electron chi connectivity index (χ4n) is 1.66. The number of rotatable bonds is 9. The first kappa shape index (κ1) is 13.9. The summed E-state index contributed by atoms with van der Waals surface area (Å²) in [6, 6.07) is 0.180. The van der Waals surface area contributed by atoms with Crippen LogP contribution in [0.25, 0.3) is 0 Å². The molecule has 0 radical (unpaired) electrons. The number of hydrogen-bond donors (Lipinski definition) is 3. The van der Waals surface area contributed by atoms with Crippen molar-refractivity contribution in [1.29, 1.82) is 0 Å². The fraction of sp³-hybridized carbons (Fsp3) is 1.00. The molecule has 0 saturated carbocycles. The van der Waals surface area contributed by atoms with Crippen LogP contribution in [0, 0.1) is 5.92 Å². The van der Waals surface area contributed by atoms with Crippen LogP contribution in [0.3, 0.4) is 0 Å². The van der Waals surface area contributed by atoms with Crippen LogP contribution in [0.4, 0.5) is 0 Å². The smallest absolute Gasteiger partial charge is 0.0163 e. The first-order valence-corrected chi connectivity index (χ1v) is 5.90. The first-order valence-electron chi connectivity index (χ1n) is 5.90. The Kier molecular flexibility index (Phi) is 9.35. The summed E-state index contributed by atoms with van der Waals surface area (Å²) >= 11 is 0. The molecule has 0 heterocycles. The van der Waals surface area contributed by atoms with E-state index < -0.39 is 0 Å².